The number of nitrogens with zero attached hydrogens (tertiary/aromatic N) is 4. The van der Waals surface area contributed by atoms with Gasteiger partial charge in [0.05, 0.1) is 12.1 Å². The molecule has 0 atom stereocenters. The summed E-state index contributed by atoms with van der Waals surface area (Å²) >= 11 is 0. The molecular formula is C24H32N6O2. The quantitative estimate of drug-likeness (QED) is 0.499. The number of primary amides is 1. The van der Waals surface area contributed by atoms with E-state index in [1.165, 1.54) is 5.56 Å². The maximum atomic E-state index is 12.0. The number of urea groups is 1. The summed E-state index contributed by atoms with van der Waals surface area (Å²) in [4.78, 5) is 23.1. The number of pyridine rings is 1. The van der Waals surface area contributed by atoms with Crippen LogP contribution in [0.3, 0.4) is 0 Å². The molecule has 0 aliphatic heterocycles. The number of unbranched alkanes of at least 4 members (excludes halogenated alkanes) is 1. The Kier molecular flexibility index (Phi) is 6.90. The van der Waals surface area contributed by atoms with Crippen LogP contribution in [-0.4, -0.2) is 40.8 Å². The number of rotatable bonds is 9. The van der Waals surface area contributed by atoms with E-state index in [1.54, 1.807) is 12.0 Å². The number of methoxy groups -OCH3 is 1. The van der Waals surface area contributed by atoms with Crippen LogP contribution in [0.4, 0.5) is 16.3 Å². The van der Waals surface area contributed by atoms with Crippen molar-refractivity contribution in [2.24, 2.45) is 5.73 Å². The van der Waals surface area contributed by atoms with Gasteiger partial charge in [-0.05, 0) is 56.2 Å². The average molecular weight is 437 g/mol. The third-order valence-corrected chi connectivity index (χ3v) is 6.15. The van der Waals surface area contributed by atoms with E-state index in [2.05, 4.69) is 9.55 Å². The predicted octanol–water partition coefficient (Wildman–Crippen LogP) is 3.45. The Morgan fingerprint density at radius 2 is 1.94 bits per heavy atom. The molecule has 0 saturated carbocycles. The SMILES string of the molecule is COCCc1nc2c(N)nc3c(c2n1CCCCN(C(N)=O)c1ccccc1)CCCC3. The van der Waals surface area contributed by atoms with E-state index in [-0.39, 0.29) is 0 Å². The standard InChI is InChI=1S/C24H32N6O2/c1-32-16-13-20-28-21-22(18-11-5-6-12-19(18)27-23(21)25)30(20)15-8-7-14-29(24(26)31)17-9-3-2-4-10-17/h2-4,9-10H,5-8,11-16H2,1H3,(H2,25,27)(H2,26,31). The van der Waals surface area contributed by atoms with Gasteiger partial charge in [0.2, 0.25) is 0 Å². The van der Waals surface area contributed by atoms with Crippen molar-refractivity contribution in [1.82, 2.24) is 14.5 Å². The summed E-state index contributed by atoms with van der Waals surface area (Å²) in [6.45, 7) is 1.97. The maximum absolute atomic E-state index is 12.0. The van der Waals surface area contributed by atoms with Crippen molar-refractivity contribution in [1.29, 1.82) is 0 Å². The van der Waals surface area contributed by atoms with Crippen LogP contribution in [0.25, 0.3) is 11.0 Å². The monoisotopic (exact) mass is 436 g/mol. The van der Waals surface area contributed by atoms with Crippen molar-refractivity contribution in [2.75, 3.05) is 30.9 Å². The van der Waals surface area contributed by atoms with E-state index >= 15 is 0 Å². The lowest BCUT2D eigenvalue weighted by Crippen LogP contribution is -2.36. The normalized spacial score (nSPS) is 13.3. The van der Waals surface area contributed by atoms with Crippen LogP contribution in [-0.2, 0) is 30.5 Å². The number of imidazole rings is 1. The van der Waals surface area contributed by atoms with Crippen molar-refractivity contribution < 1.29 is 9.53 Å². The third kappa shape index (κ3) is 4.55. The summed E-state index contributed by atoms with van der Waals surface area (Å²) < 4.78 is 7.61. The second kappa shape index (κ2) is 9.99. The fourth-order valence-electron chi connectivity index (χ4n) is 4.59. The number of carbonyl (C=O) groups is 1. The highest BCUT2D eigenvalue weighted by Crippen LogP contribution is 2.32. The molecule has 170 valence electrons. The van der Waals surface area contributed by atoms with Crippen molar-refractivity contribution in [2.45, 2.75) is 51.5 Å². The number of ether oxygens (including phenoxy) is 1. The minimum absolute atomic E-state index is 0.432. The number of carbonyl (C=O) groups excluding carboxylic acids is 1. The zero-order valence-electron chi connectivity index (χ0n) is 18.7. The lowest BCUT2D eigenvalue weighted by atomic mass is 9.95. The van der Waals surface area contributed by atoms with Crippen molar-refractivity contribution in [3.63, 3.8) is 0 Å². The van der Waals surface area contributed by atoms with Crippen LogP contribution in [0, 0.1) is 0 Å². The first-order valence-electron chi connectivity index (χ1n) is 11.4. The Bertz CT molecular complexity index is 1080. The van der Waals surface area contributed by atoms with E-state index in [0.717, 1.165) is 79.7 Å². The number of hydrogen-bond donors (Lipinski definition) is 2. The Hall–Kier alpha value is -3.13. The second-order valence-electron chi connectivity index (χ2n) is 8.28. The fourth-order valence-corrected chi connectivity index (χ4v) is 4.59. The molecular weight excluding hydrogens is 404 g/mol. The summed E-state index contributed by atoms with van der Waals surface area (Å²) in [6.07, 6.45) is 6.73. The van der Waals surface area contributed by atoms with Gasteiger partial charge in [0, 0.05) is 38.0 Å². The highest BCUT2D eigenvalue weighted by molar-refractivity contribution is 5.90. The number of fused-ring (bicyclic) bond motifs is 3. The maximum Gasteiger partial charge on any atom is 0.319 e. The molecule has 0 fully saturated rings. The molecule has 3 aromatic rings. The lowest BCUT2D eigenvalue weighted by molar-refractivity contribution is 0.199. The number of hydrogen-bond acceptors (Lipinski definition) is 5. The van der Waals surface area contributed by atoms with E-state index in [9.17, 15) is 4.79 Å². The fraction of sp³-hybridized carbons (Fsp3) is 0.458. The number of anilines is 2. The molecule has 4 N–H and O–H groups in total. The number of amides is 2. The molecule has 2 aromatic heterocycles. The minimum atomic E-state index is -0.432. The van der Waals surface area contributed by atoms with E-state index in [0.29, 0.717) is 19.0 Å². The number of para-hydroxylation sites is 1. The highest BCUT2D eigenvalue weighted by Gasteiger charge is 2.22. The van der Waals surface area contributed by atoms with Gasteiger partial charge in [-0.3, -0.25) is 4.90 Å². The second-order valence-corrected chi connectivity index (χ2v) is 8.28. The molecule has 1 aliphatic rings. The molecule has 0 spiro atoms. The number of nitrogen functional groups attached to an aromatic ring is 1. The van der Waals surface area contributed by atoms with Gasteiger partial charge in [-0.15, -0.1) is 0 Å². The summed E-state index contributed by atoms with van der Waals surface area (Å²) in [5.74, 6) is 1.49. The van der Waals surface area contributed by atoms with Gasteiger partial charge in [0.1, 0.15) is 11.3 Å². The lowest BCUT2D eigenvalue weighted by Gasteiger charge is -2.21. The van der Waals surface area contributed by atoms with Gasteiger partial charge in [-0.25, -0.2) is 14.8 Å². The Labute approximate surface area is 188 Å². The van der Waals surface area contributed by atoms with Crippen LogP contribution in [0.15, 0.2) is 30.3 Å². The van der Waals surface area contributed by atoms with E-state index in [1.807, 2.05) is 30.3 Å². The van der Waals surface area contributed by atoms with Crippen molar-refractivity contribution in [3.8, 4) is 0 Å². The number of benzene rings is 1. The zero-order valence-corrected chi connectivity index (χ0v) is 18.7. The average Bonchev–Trinajstić information content (AvgIpc) is 3.17. The number of aromatic nitrogens is 3. The minimum Gasteiger partial charge on any atom is -0.384 e. The molecule has 8 heteroatoms. The van der Waals surface area contributed by atoms with Crippen molar-refractivity contribution in [3.05, 3.63) is 47.4 Å². The Balaban J connectivity index is 1.56. The molecule has 1 aromatic carbocycles. The van der Waals surface area contributed by atoms with Gasteiger partial charge in [-0.2, -0.15) is 0 Å². The Morgan fingerprint density at radius 3 is 2.69 bits per heavy atom. The number of aryl methyl sites for hydroxylation is 3. The first-order valence-corrected chi connectivity index (χ1v) is 11.4. The summed E-state index contributed by atoms with van der Waals surface area (Å²) in [5.41, 5.74) is 17.1. The molecule has 4 rings (SSSR count). The first kappa shape index (κ1) is 22.1. The highest BCUT2D eigenvalue weighted by atomic mass is 16.5. The van der Waals surface area contributed by atoms with Gasteiger partial charge in [-0.1, -0.05) is 18.2 Å². The predicted molar refractivity (Wildman–Crippen MR) is 127 cm³/mol. The molecule has 8 nitrogen and oxygen atoms in total. The molecule has 0 unspecified atom stereocenters. The van der Waals surface area contributed by atoms with Crippen LogP contribution in [0.2, 0.25) is 0 Å². The smallest absolute Gasteiger partial charge is 0.319 e. The van der Waals surface area contributed by atoms with Gasteiger partial charge in [0.15, 0.2) is 5.82 Å². The first-order chi connectivity index (χ1) is 15.6. The van der Waals surface area contributed by atoms with Crippen LogP contribution in [0.1, 0.15) is 42.8 Å². The summed E-state index contributed by atoms with van der Waals surface area (Å²) in [7, 11) is 1.70. The van der Waals surface area contributed by atoms with Crippen LogP contribution in [0.5, 0.6) is 0 Å². The summed E-state index contributed by atoms with van der Waals surface area (Å²) in [6, 6.07) is 9.12. The molecule has 2 amide bonds. The molecule has 1 aliphatic carbocycles. The Morgan fingerprint density at radius 1 is 1.16 bits per heavy atom. The molecule has 32 heavy (non-hydrogen) atoms. The van der Waals surface area contributed by atoms with Gasteiger partial charge in [0.25, 0.3) is 0 Å². The van der Waals surface area contributed by atoms with Gasteiger partial charge >= 0.3 is 6.03 Å². The largest absolute Gasteiger partial charge is 0.384 e. The third-order valence-electron chi connectivity index (χ3n) is 6.15. The molecule has 0 saturated heterocycles. The van der Waals surface area contributed by atoms with Crippen LogP contribution >= 0.6 is 0 Å². The van der Waals surface area contributed by atoms with E-state index in [4.69, 9.17) is 21.2 Å². The number of nitrogens with two attached hydrogens (primary N) is 2. The topological polar surface area (TPSA) is 112 Å². The zero-order chi connectivity index (χ0) is 22.5. The van der Waals surface area contributed by atoms with Gasteiger partial charge < -0.3 is 20.8 Å². The molecule has 0 radical (unpaired) electrons. The summed E-state index contributed by atoms with van der Waals surface area (Å²) in [5, 5.41) is 0. The van der Waals surface area contributed by atoms with Crippen LogP contribution < -0.4 is 16.4 Å². The molecule has 0 bridgehead atoms. The molecule has 2 heterocycles. The van der Waals surface area contributed by atoms with Crippen molar-refractivity contribution >= 4 is 28.6 Å². The van der Waals surface area contributed by atoms with E-state index < -0.39 is 6.03 Å².